The topological polar surface area (TPSA) is 92.9 Å². The molecule has 0 aliphatic heterocycles. The summed E-state index contributed by atoms with van der Waals surface area (Å²) in [5.41, 5.74) is 3.41. The van der Waals surface area contributed by atoms with Gasteiger partial charge in [0.1, 0.15) is 17.3 Å². The fourth-order valence-corrected chi connectivity index (χ4v) is 3.82. The van der Waals surface area contributed by atoms with E-state index in [9.17, 15) is 14.3 Å². The molecule has 2 heterocycles. The van der Waals surface area contributed by atoms with Crippen LogP contribution in [0.15, 0.2) is 60.9 Å². The van der Waals surface area contributed by atoms with E-state index in [0.29, 0.717) is 22.8 Å². The standard InChI is InChI=1S/C23H18FN5O2/c24-18-8-1-2-9-20(18)29-19-10-4-7-17(19)21(28-29)23(31)27-15-12-25-22(26-13-15)14-5-3-6-16(30)11-14/h1-3,5-6,8-9,11-13,30H,4,7,10H2,(H,27,31). The number of aromatic hydroxyl groups is 1. The zero-order valence-electron chi connectivity index (χ0n) is 16.4. The highest BCUT2D eigenvalue weighted by molar-refractivity contribution is 6.04. The first-order chi connectivity index (χ1) is 15.1. The molecule has 0 spiro atoms. The lowest BCUT2D eigenvalue weighted by Gasteiger charge is -2.07. The van der Waals surface area contributed by atoms with E-state index in [1.807, 2.05) is 0 Å². The summed E-state index contributed by atoms with van der Waals surface area (Å²) < 4.78 is 15.8. The van der Waals surface area contributed by atoms with Gasteiger partial charge in [-0.2, -0.15) is 5.10 Å². The number of anilines is 1. The Morgan fingerprint density at radius 2 is 1.87 bits per heavy atom. The van der Waals surface area contributed by atoms with Crippen LogP contribution in [0.2, 0.25) is 0 Å². The van der Waals surface area contributed by atoms with Crippen LogP contribution in [0.3, 0.4) is 0 Å². The second-order valence-electron chi connectivity index (χ2n) is 7.29. The number of carbonyl (C=O) groups is 1. The second-order valence-corrected chi connectivity index (χ2v) is 7.29. The molecule has 0 saturated carbocycles. The third-order valence-corrected chi connectivity index (χ3v) is 5.24. The molecule has 0 atom stereocenters. The van der Waals surface area contributed by atoms with E-state index < -0.39 is 0 Å². The van der Waals surface area contributed by atoms with E-state index >= 15 is 0 Å². The highest BCUT2D eigenvalue weighted by atomic mass is 19.1. The van der Waals surface area contributed by atoms with Gasteiger partial charge in [-0.15, -0.1) is 0 Å². The number of benzene rings is 2. The van der Waals surface area contributed by atoms with Gasteiger partial charge in [-0.25, -0.2) is 19.0 Å². The van der Waals surface area contributed by atoms with Crippen LogP contribution >= 0.6 is 0 Å². The number of para-hydroxylation sites is 1. The minimum absolute atomic E-state index is 0.123. The third kappa shape index (κ3) is 3.52. The number of rotatable bonds is 4. The van der Waals surface area contributed by atoms with Crippen molar-refractivity contribution < 1.29 is 14.3 Å². The second kappa shape index (κ2) is 7.64. The number of amides is 1. The fraction of sp³-hybridized carbons (Fsp3) is 0.130. The number of hydrogen-bond acceptors (Lipinski definition) is 5. The molecule has 0 saturated heterocycles. The predicted molar refractivity (Wildman–Crippen MR) is 113 cm³/mol. The van der Waals surface area contributed by atoms with Crippen molar-refractivity contribution in [2.45, 2.75) is 19.3 Å². The Kier molecular flexibility index (Phi) is 4.66. The number of aromatic nitrogens is 4. The van der Waals surface area contributed by atoms with E-state index in [1.165, 1.54) is 23.1 Å². The first-order valence-corrected chi connectivity index (χ1v) is 9.88. The van der Waals surface area contributed by atoms with E-state index in [1.54, 1.807) is 42.5 Å². The molecule has 31 heavy (non-hydrogen) atoms. The first-order valence-electron chi connectivity index (χ1n) is 9.88. The van der Waals surface area contributed by atoms with Crippen molar-refractivity contribution >= 4 is 11.6 Å². The van der Waals surface area contributed by atoms with Crippen LogP contribution in [0, 0.1) is 5.82 Å². The monoisotopic (exact) mass is 415 g/mol. The molecule has 1 amide bonds. The summed E-state index contributed by atoms with van der Waals surface area (Å²) in [6.07, 6.45) is 5.35. The number of fused-ring (bicyclic) bond motifs is 1. The van der Waals surface area contributed by atoms with Gasteiger partial charge in [-0.05, 0) is 43.5 Å². The summed E-state index contributed by atoms with van der Waals surface area (Å²) in [7, 11) is 0. The summed E-state index contributed by atoms with van der Waals surface area (Å²) in [6, 6.07) is 13.0. The molecule has 1 aliphatic rings. The largest absolute Gasteiger partial charge is 0.508 e. The van der Waals surface area contributed by atoms with E-state index in [-0.39, 0.29) is 23.2 Å². The van der Waals surface area contributed by atoms with E-state index in [2.05, 4.69) is 20.4 Å². The van der Waals surface area contributed by atoms with Crippen molar-refractivity contribution in [1.29, 1.82) is 0 Å². The third-order valence-electron chi connectivity index (χ3n) is 5.24. The van der Waals surface area contributed by atoms with Crippen molar-refractivity contribution in [1.82, 2.24) is 19.7 Å². The van der Waals surface area contributed by atoms with Gasteiger partial charge in [0.05, 0.1) is 18.1 Å². The maximum Gasteiger partial charge on any atom is 0.276 e. The SMILES string of the molecule is O=C(Nc1cnc(-c2cccc(O)c2)nc1)c1nn(-c2ccccc2F)c2c1CCC2. The molecule has 2 N–H and O–H groups in total. The van der Waals surface area contributed by atoms with Crippen LogP contribution in [0.25, 0.3) is 17.1 Å². The number of nitrogens with one attached hydrogen (secondary N) is 1. The van der Waals surface area contributed by atoms with Gasteiger partial charge >= 0.3 is 0 Å². The van der Waals surface area contributed by atoms with Crippen molar-refractivity contribution in [3.63, 3.8) is 0 Å². The summed E-state index contributed by atoms with van der Waals surface area (Å²) in [6.45, 7) is 0. The summed E-state index contributed by atoms with van der Waals surface area (Å²) >= 11 is 0. The smallest absolute Gasteiger partial charge is 0.276 e. The van der Waals surface area contributed by atoms with Gasteiger partial charge in [0.2, 0.25) is 0 Å². The van der Waals surface area contributed by atoms with E-state index in [4.69, 9.17) is 0 Å². The maximum atomic E-state index is 14.3. The number of carbonyl (C=O) groups excluding carboxylic acids is 1. The van der Waals surface area contributed by atoms with Gasteiger partial charge in [-0.1, -0.05) is 24.3 Å². The number of halogens is 1. The Morgan fingerprint density at radius 1 is 1.06 bits per heavy atom. The molecule has 2 aromatic carbocycles. The molecule has 154 valence electrons. The van der Waals surface area contributed by atoms with Gasteiger partial charge in [0.15, 0.2) is 11.5 Å². The maximum absolute atomic E-state index is 14.3. The number of nitrogens with zero attached hydrogens (tertiary/aromatic N) is 4. The molecule has 2 aromatic heterocycles. The molecule has 7 nitrogen and oxygen atoms in total. The highest BCUT2D eigenvalue weighted by Gasteiger charge is 2.27. The van der Waals surface area contributed by atoms with Crippen molar-refractivity contribution in [3.05, 3.63) is 83.7 Å². The highest BCUT2D eigenvalue weighted by Crippen LogP contribution is 2.29. The number of hydrogen-bond donors (Lipinski definition) is 2. The molecule has 8 heteroatoms. The van der Waals surface area contributed by atoms with Crippen LogP contribution in [-0.4, -0.2) is 30.8 Å². The number of phenols is 1. The average molecular weight is 415 g/mol. The van der Waals surface area contributed by atoms with Crippen molar-refractivity contribution in [2.75, 3.05) is 5.32 Å². The molecule has 1 aliphatic carbocycles. The van der Waals surface area contributed by atoms with Gasteiger partial charge in [0, 0.05) is 16.8 Å². The van der Waals surface area contributed by atoms with Crippen LogP contribution in [-0.2, 0) is 12.8 Å². The van der Waals surface area contributed by atoms with Crippen molar-refractivity contribution in [2.24, 2.45) is 0 Å². The van der Waals surface area contributed by atoms with Crippen LogP contribution in [0.5, 0.6) is 5.75 Å². The van der Waals surface area contributed by atoms with Crippen LogP contribution in [0.4, 0.5) is 10.1 Å². The normalized spacial score (nSPS) is 12.5. The summed E-state index contributed by atoms with van der Waals surface area (Å²) in [5, 5.41) is 16.8. The molecule has 0 bridgehead atoms. The Balaban J connectivity index is 1.41. The zero-order chi connectivity index (χ0) is 21.4. The molecule has 0 unspecified atom stereocenters. The summed E-state index contributed by atoms with van der Waals surface area (Å²) in [5.74, 6) is -0.221. The van der Waals surface area contributed by atoms with E-state index in [0.717, 1.165) is 30.5 Å². The average Bonchev–Trinajstić information content (AvgIpc) is 3.38. The predicted octanol–water partition coefficient (Wildman–Crippen LogP) is 3.92. The lowest BCUT2D eigenvalue weighted by molar-refractivity contribution is 0.102. The van der Waals surface area contributed by atoms with Gasteiger partial charge in [-0.3, -0.25) is 4.79 Å². The minimum atomic E-state index is -0.387. The lowest BCUT2D eigenvalue weighted by atomic mass is 10.2. The van der Waals surface area contributed by atoms with Crippen LogP contribution in [0.1, 0.15) is 28.2 Å². The van der Waals surface area contributed by atoms with Crippen molar-refractivity contribution in [3.8, 4) is 22.8 Å². The van der Waals surface area contributed by atoms with Crippen LogP contribution < -0.4 is 5.32 Å². The zero-order valence-corrected chi connectivity index (χ0v) is 16.4. The Labute approximate surface area is 177 Å². The minimum Gasteiger partial charge on any atom is -0.508 e. The van der Waals surface area contributed by atoms with Gasteiger partial charge in [0.25, 0.3) is 5.91 Å². The molecule has 0 radical (unpaired) electrons. The molecular weight excluding hydrogens is 397 g/mol. The quantitative estimate of drug-likeness (QED) is 0.527. The Hall–Kier alpha value is -4.07. The Bertz CT molecular complexity index is 1280. The molecule has 5 rings (SSSR count). The fourth-order valence-electron chi connectivity index (χ4n) is 3.82. The Morgan fingerprint density at radius 3 is 2.65 bits per heavy atom. The molecule has 4 aromatic rings. The lowest BCUT2D eigenvalue weighted by Crippen LogP contribution is -2.15. The number of phenolic OH excluding ortho intramolecular Hbond substituents is 1. The first kappa shape index (κ1) is 18.9. The summed E-state index contributed by atoms with van der Waals surface area (Å²) in [4.78, 5) is 21.5. The molecular formula is C23H18FN5O2. The van der Waals surface area contributed by atoms with Gasteiger partial charge < -0.3 is 10.4 Å². The molecule has 0 fully saturated rings.